The zero-order valence-electron chi connectivity index (χ0n) is 29.3. The summed E-state index contributed by atoms with van der Waals surface area (Å²) < 4.78 is 0. The average Bonchev–Trinajstić information content (AvgIpc) is 4.01. The fourth-order valence-electron chi connectivity index (χ4n) is 6.82. The van der Waals surface area contributed by atoms with Crippen molar-refractivity contribution in [1.82, 2.24) is 39.9 Å². The molecule has 0 fully saturated rings. The molecule has 11 rings (SSSR count). The Kier molecular flexibility index (Phi) is 8.97. The third-order valence-corrected chi connectivity index (χ3v) is 9.30. The van der Waals surface area contributed by atoms with Crippen molar-refractivity contribution in [1.29, 1.82) is 0 Å². The Hall–Kier alpha value is -6.84. The molecule has 1 aromatic carbocycles. The van der Waals surface area contributed by atoms with E-state index in [0.717, 1.165) is 95.2 Å². The number of rotatable bonds is 1. The number of nitrogens with one attached hydrogen (secondary N) is 4. The molecule has 4 aliphatic rings. The van der Waals surface area contributed by atoms with Gasteiger partial charge in [-0.3, -0.25) is 0 Å². The fourth-order valence-corrected chi connectivity index (χ4v) is 6.82. The molecule has 4 N–H and O–H groups in total. The molecule has 1 radical (unpaired) electrons. The van der Waals surface area contributed by atoms with Gasteiger partial charge >= 0.3 is 0 Å². The van der Waals surface area contributed by atoms with Crippen molar-refractivity contribution < 1.29 is 22.4 Å². The first-order chi connectivity index (χ1) is 26.6. The summed E-state index contributed by atoms with van der Waals surface area (Å²) in [6.07, 6.45) is 16.2. The van der Waals surface area contributed by atoms with Crippen LogP contribution in [0.25, 0.3) is 104 Å². The smallest absolute Gasteiger partial charge is 0.0658 e. The summed E-state index contributed by atoms with van der Waals surface area (Å²) in [5, 5.41) is 0. The van der Waals surface area contributed by atoms with E-state index in [1.807, 2.05) is 85.0 Å². The predicted octanol–water partition coefficient (Wildman–Crippen LogP) is 11.0. The Labute approximate surface area is 331 Å². The van der Waals surface area contributed by atoms with Gasteiger partial charge in [-0.2, -0.15) is 0 Å². The first-order valence-electron chi connectivity index (χ1n) is 17.8. The van der Waals surface area contributed by atoms with Crippen LogP contribution in [-0.2, 0) is 22.4 Å². The molecule has 0 atom stereocenters. The van der Waals surface area contributed by atoms with Gasteiger partial charge in [0.05, 0.1) is 45.6 Å². The largest absolute Gasteiger partial charge is 0.355 e. The van der Waals surface area contributed by atoms with Gasteiger partial charge < -0.3 is 19.9 Å². The number of hydrogen-bond donors (Lipinski definition) is 4. The van der Waals surface area contributed by atoms with Gasteiger partial charge in [0.2, 0.25) is 0 Å². The topological polar surface area (TPSA) is 115 Å². The van der Waals surface area contributed by atoms with Crippen LogP contribution in [0, 0.1) is 0 Å². The van der Waals surface area contributed by atoms with Crippen molar-refractivity contribution in [2.24, 2.45) is 0 Å². The van der Waals surface area contributed by atoms with Gasteiger partial charge in [-0.25, -0.2) is 19.9 Å². The minimum atomic E-state index is 0. The van der Waals surface area contributed by atoms with E-state index in [9.17, 15) is 0 Å². The van der Waals surface area contributed by atoms with E-state index in [1.165, 1.54) is 5.56 Å². The zero-order valence-corrected chi connectivity index (χ0v) is 31.4. The zero-order chi connectivity index (χ0) is 35.8. The number of hydrogen-bond acceptors (Lipinski definition) is 4. The average molecular weight is 894 g/mol. The summed E-state index contributed by atoms with van der Waals surface area (Å²) >= 11 is 0. The first-order valence-corrected chi connectivity index (χ1v) is 17.8. The maximum Gasteiger partial charge on any atom is 0.0658 e. The summed E-state index contributed by atoms with van der Waals surface area (Å²) in [5.74, 6) is 0. The van der Waals surface area contributed by atoms with Crippen molar-refractivity contribution in [3.8, 4) is 11.1 Å². The van der Waals surface area contributed by atoms with Gasteiger partial charge in [0.1, 0.15) is 0 Å². The molecule has 10 heterocycles. The molecule has 7 aromatic rings. The Morgan fingerprint density at radius 2 is 0.600 bits per heavy atom. The molecule has 6 aromatic heterocycles. The van der Waals surface area contributed by atoms with E-state index in [2.05, 4.69) is 115 Å². The van der Waals surface area contributed by atoms with Crippen molar-refractivity contribution in [3.05, 3.63) is 167 Å². The normalized spacial score (nSPS) is 12.3. The second-order valence-corrected chi connectivity index (χ2v) is 13.4. The summed E-state index contributed by atoms with van der Waals surface area (Å²) in [5.41, 5.74) is 18.0. The standard InChI is InChI=1S/C26H18N4.C20H14N4.Au/c1-2-4-17(5-3-1)25-15-24-14-22-9-8-20(28-22)12-18-6-7-19(27-18)13-21-10-11-23(29-21)16-26(25)30-24;1-2-14-10-16-5-6-18(23-16)12-20-8-7-19(24-20)11-17-4-3-15(22-17)9-13(1)21-14;/h1-16,27,30H;1-12,21,24H;. The van der Waals surface area contributed by atoms with E-state index >= 15 is 0 Å². The Balaban J connectivity index is 0.000000145. The van der Waals surface area contributed by atoms with E-state index in [-0.39, 0.29) is 22.4 Å². The number of fused-ring (bicyclic) bond motifs is 16. The van der Waals surface area contributed by atoms with Crippen LogP contribution in [0.15, 0.2) is 121 Å². The van der Waals surface area contributed by atoms with Gasteiger partial charge in [0, 0.05) is 72.1 Å². The van der Waals surface area contributed by atoms with Crippen molar-refractivity contribution in [3.63, 3.8) is 0 Å². The third kappa shape index (κ3) is 7.65. The van der Waals surface area contributed by atoms with Gasteiger partial charge in [-0.1, -0.05) is 30.3 Å². The van der Waals surface area contributed by atoms with Crippen LogP contribution in [-0.4, -0.2) is 39.9 Å². The summed E-state index contributed by atoms with van der Waals surface area (Å²) in [7, 11) is 0. The molecule has 0 unspecified atom stereocenters. The quantitative estimate of drug-likeness (QED) is 0.123. The molecular weight excluding hydrogens is 862 g/mol. The van der Waals surface area contributed by atoms with Gasteiger partial charge in [-0.05, 0) is 145 Å². The SMILES string of the molecule is C1=Cc2cc3cc(-c4ccccc4)c(cc4nc(cc5ccc(cc1n2)[nH]5)C=C4)[nH]3.C1=Cc2cc3ccc(cc4nc(cc5ccc(cc1n2)[nH]5)C=C4)[nH]3.[Au]. The van der Waals surface area contributed by atoms with Crippen LogP contribution < -0.4 is 0 Å². The molecule has 0 aliphatic carbocycles. The minimum Gasteiger partial charge on any atom is -0.355 e. The van der Waals surface area contributed by atoms with Crippen LogP contribution in [0.5, 0.6) is 0 Å². The predicted molar refractivity (Wildman–Crippen MR) is 223 cm³/mol. The van der Waals surface area contributed by atoms with Gasteiger partial charge in [0.25, 0.3) is 0 Å². The number of aromatic amines is 4. The molecule has 0 saturated carbocycles. The van der Waals surface area contributed by atoms with Crippen LogP contribution in [0.1, 0.15) is 45.6 Å². The summed E-state index contributed by atoms with van der Waals surface area (Å²) in [4.78, 5) is 32.5. The molecule has 267 valence electrons. The molecule has 0 amide bonds. The van der Waals surface area contributed by atoms with E-state index in [4.69, 9.17) is 9.97 Å². The fraction of sp³-hybridized carbons (Fsp3) is 0. The van der Waals surface area contributed by atoms with Crippen LogP contribution in [0.4, 0.5) is 0 Å². The number of H-pyrrole nitrogens is 4. The van der Waals surface area contributed by atoms with Crippen molar-refractivity contribution in [2.45, 2.75) is 0 Å². The molecule has 9 heteroatoms. The number of benzene rings is 1. The second-order valence-electron chi connectivity index (χ2n) is 13.4. The number of nitrogens with zero attached hydrogens (tertiary/aromatic N) is 4. The van der Waals surface area contributed by atoms with Crippen LogP contribution in [0.3, 0.4) is 0 Å². The third-order valence-electron chi connectivity index (χ3n) is 9.30. The van der Waals surface area contributed by atoms with Gasteiger partial charge in [0.15, 0.2) is 0 Å². The second kappa shape index (κ2) is 14.5. The maximum absolute atomic E-state index is 4.77. The van der Waals surface area contributed by atoms with E-state index < -0.39 is 0 Å². The molecule has 16 bridgehead atoms. The van der Waals surface area contributed by atoms with E-state index in [0.29, 0.717) is 0 Å². The van der Waals surface area contributed by atoms with Gasteiger partial charge in [-0.15, -0.1) is 0 Å². The Morgan fingerprint density at radius 3 is 0.945 bits per heavy atom. The maximum atomic E-state index is 4.77. The van der Waals surface area contributed by atoms with Crippen molar-refractivity contribution >= 4 is 92.7 Å². The number of aromatic nitrogens is 8. The molecule has 8 nitrogen and oxygen atoms in total. The summed E-state index contributed by atoms with van der Waals surface area (Å²) in [6, 6.07) is 41.3. The molecular formula is C46H32AuN8. The van der Waals surface area contributed by atoms with Crippen LogP contribution in [0.2, 0.25) is 0 Å². The first kappa shape index (κ1) is 34.0. The Morgan fingerprint density at radius 1 is 0.291 bits per heavy atom. The Bertz CT molecular complexity index is 2890. The monoisotopic (exact) mass is 893 g/mol. The van der Waals surface area contributed by atoms with E-state index in [1.54, 1.807) is 0 Å². The minimum absolute atomic E-state index is 0. The molecule has 4 aliphatic heterocycles. The molecule has 0 saturated heterocycles. The summed E-state index contributed by atoms with van der Waals surface area (Å²) in [6.45, 7) is 0. The molecule has 0 spiro atoms. The molecule has 55 heavy (non-hydrogen) atoms. The van der Waals surface area contributed by atoms with Crippen LogP contribution >= 0.6 is 0 Å². The van der Waals surface area contributed by atoms with Crippen molar-refractivity contribution in [2.75, 3.05) is 0 Å².